The molecule has 0 unspecified atom stereocenters. The minimum Gasteiger partial charge on any atom is -0.497 e. The molecule has 0 atom stereocenters. The van der Waals surface area contributed by atoms with E-state index in [9.17, 15) is 4.79 Å². The van der Waals surface area contributed by atoms with E-state index >= 15 is 0 Å². The van der Waals surface area contributed by atoms with Crippen LogP contribution in [0.5, 0.6) is 11.5 Å². The second-order valence-electron chi connectivity index (χ2n) is 6.43. The number of aromatic nitrogens is 3. The van der Waals surface area contributed by atoms with E-state index < -0.39 is 0 Å². The Morgan fingerprint density at radius 3 is 2.93 bits per heavy atom. The quantitative estimate of drug-likeness (QED) is 0.711. The van der Waals surface area contributed by atoms with Gasteiger partial charge in [-0.25, -0.2) is 4.98 Å². The van der Waals surface area contributed by atoms with Crippen LogP contribution in [0.15, 0.2) is 48.8 Å². The molecule has 0 saturated heterocycles. The van der Waals surface area contributed by atoms with Crippen molar-refractivity contribution in [3.63, 3.8) is 0 Å². The first-order valence-corrected chi connectivity index (χ1v) is 8.65. The van der Waals surface area contributed by atoms with Crippen LogP contribution in [0.3, 0.4) is 0 Å². The Kier molecular flexibility index (Phi) is 4.50. The number of carbonyl (C=O) groups excluding carboxylic acids is 1. The molecule has 7 heteroatoms. The van der Waals surface area contributed by atoms with Crippen molar-refractivity contribution in [3.8, 4) is 22.8 Å². The number of pyridine rings is 1. The van der Waals surface area contributed by atoms with Crippen molar-refractivity contribution in [2.75, 3.05) is 13.7 Å². The van der Waals surface area contributed by atoms with Gasteiger partial charge in [-0.15, -0.1) is 0 Å². The topological polar surface area (TPSA) is 69.5 Å². The number of rotatable bonds is 4. The van der Waals surface area contributed by atoms with Crippen LogP contribution in [-0.2, 0) is 24.9 Å². The van der Waals surface area contributed by atoms with E-state index in [1.807, 2.05) is 49.6 Å². The summed E-state index contributed by atoms with van der Waals surface area (Å²) < 4.78 is 12.7. The van der Waals surface area contributed by atoms with Crippen LogP contribution in [0.2, 0.25) is 0 Å². The molecule has 0 aliphatic carbocycles. The zero-order chi connectivity index (χ0) is 18.8. The Labute approximate surface area is 157 Å². The average molecular weight is 364 g/mol. The molecule has 1 aliphatic rings. The zero-order valence-electron chi connectivity index (χ0n) is 15.3. The summed E-state index contributed by atoms with van der Waals surface area (Å²) in [7, 11) is 3.49. The number of hydrogen-bond donors (Lipinski definition) is 0. The molecule has 0 saturated carbocycles. The van der Waals surface area contributed by atoms with Crippen molar-refractivity contribution in [1.29, 1.82) is 0 Å². The first-order valence-electron chi connectivity index (χ1n) is 8.65. The summed E-state index contributed by atoms with van der Waals surface area (Å²) in [4.78, 5) is 19.0. The molecule has 7 nitrogen and oxygen atoms in total. The standard InChI is InChI=1S/C20H20N4O3/c1-23-11-15(9-21-23)17-6-7-19-18(22-17)12-24(20(25)13-27-19)10-14-4-3-5-16(8-14)26-2/h3-9,11H,10,12-13H2,1-2H3. The highest BCUT2D eigenvalue weighted by atomic mass is 16.5. The number of benzene rings is 1. The number of nitrogens with zero attached hydrogens (tertiary/aromatic N) is 4. The lowest BCUT2D eigenvalue weighted by molar-refractivity contribution is -0.133. The molecule has 3 heterocycles. The second-order valence-corrected chi connectivity index (χ2v) is 6.43. The van der Waals surface area contributed by atoms with Gasteiger partial charge in [0.2, 0.25) is 0 Å². The molecule has 2 aromatic heterocycles. The van der Waals surface area contributed by atoms with Gasteiger partial charge < -0.3 is 14.4 Å². The van der Waals surface area contributed by atoms with E-state index in [-0.39, 0.29) is 12.5 Å². The Morgan fingerprint density at radius 1 is 1.26 bits per heavy atom. The van der Waals surface area contributed by atoms with E-state index in [1.54, 1.807) is 22.9 Å². The number of fused-ring (bicyclic) bond motifs is 1. The molecule has 1 amide bonds. The Hall–Kier alpha value is -3.35. The molecule has 138 valence electrons. The fourth-order valence-electron chi connectivity index (χ4n) is 3.08. The first-order chi connectivity index (χ1) is 13.1. The summed E-state index contributed by atoms with van der Waals surface area (Å²) in [5, 5.41) is 4.19. The van der Waals surface area contributed by atoms with Gasteiger partial charge in [-0.1, -0.05) is 12.1 Å². The Morgan fingerprint density at radius 2 is 2.15 bits per heavy atom. The van der Waals surface area contributed by atoms with Crippen molar-refractivity contribution in [2.45, 2.75) is 13.1 Å². The molecule has 0 spiro atoms. The van der Waals surface area contributed by atoms with E-state index in [0.717, 1.165) is 28.3 Å². The monoisotopic (exact) mass is 364 g/mol. The minimum atomic E-state index is -0.0706. The van der Waals surface area contributed by atoms with Gasteiger partial charge in [0.05, 0.1) is 25.5 Å². The maximum atomic E-state index is 12.5. The smallest absolute Gasteiger partial charge is 0.261 e. The summed E-state index contributed by atoms with van der Waals surface area (Å²) in [5.41, 5.74) is 3.47. The third-order valence-corrected chi connectivity index (χ3v) is 4.49. The lowest BCUT2D eigenvalue weighted by atomic mass is 10.1. The number of aryl methyl sites for hydroxylation is 1. The largest absolute Gasteiger partial charge is 0.497 e. The van der Waals surface area contributed by atoms with Crippen LogP contribution < -0.4 is 9.47 Å². The molecule has 0 N–H and O–H groups in total. The van der Waals surface area contributed by atoms with E-state index in [4.69, 9.17) is 14.5 Å². The molecular weight excluding hydrogens is 344 g/mol. The first kappa shape index (κ1) is 17.1. The summed E-state index contributed by atoms with van der Waals surface area (Å²) >= 11 is 0. The predicted molar refractivity (Wildman–Crippen MR) is 99.2 cm³/mol. The highest BCUT2D eigenvalue weighted by Crippen LogP contribution is 2.27. The third kappa shape index (κ3) is 3.62. The fraction of sp³-hybridized carbons (Fsp3) is 0.250. The van der Waals surface area contributed by atoms with E-state index in [0.29, 0.717) is 18.8 Å². The Balaban J connectivity index is 1.61. The molecule has 4 rings (SSSR count). The number of hydrogen-bond acceptors (Lipinski definition) is 5. The van der Waals surface area contributed by atoms with Gasteiger partial charge in [-0.3, -0.25) is 9.48 Å². The van der Waals surface area contributed by atoms with Gasteiger partial charge in [-0.05, 0) is 29.8 Å². The van der Waals surface area contributed by atoms with Gasteiger partial charge >= 0.3 is 0 Å². The van der Waals surface area contributed by atoms with Gasteiger partial charge in [-0.2, -0.15) is 5.10 Å². The molecule has 1 aliphatic heterocycles. The minimum absolute atomic E-state index is 0.00485. The highest BCUT2D eigenvalue weighted by molar-refractivity contribution is 5.78. The lowest BCUT2D eigenvalue weighted by Gasteiger charge is -2.20. The predicted octanol–water partition coefficient (Wildman–Crippen LogP) is 2.41. The molecule has 0 bridgehead atoms. The van der Waals surface area contributed by atoms with E-state index in [1.165, 1.54) is 0 Å². The van der Waals surface area contributed by atoms with Crippen LogP contribution in [0.25, 0.3) is 11.3 Å². The van der Waals surface area contributed by atoms with Crippen LogP contribution >= 0.6 is 0 Å². The molecule has 0 radical (unpaired) electrons. The molecular formula is C20H20N4O3. The van der Waals surface area contributed by atoms with Crippen LogP contribution in [0.4, 0.5) is 0 Å². The lowest BCUT2D eigenvalue weighted by Crippen LogP contribution is -2.32. The molecule has 3 aromatic rings. The summed E-state index contributed by atoms with van der Waals surface area (Å²) in [6.45, 7) is 0.863. The SMILES string of the molecule is COc1cccc(CN2Cc3nc(-c4cnn(C)c4)ccc3OCC2=O)c1. The number of ether oxygens (including phenoxy) is 2. The van der Waals surface area contributed by atoms with Crippen molar-refractivity contribution < 1.29 is 14.3 Å². The normalized spacial score (nSPS) is 13.7. The molecule has 27 heavy (non-hydrogen) atoms. The van der Waals surface area contributed by atoms with Crippen molar-refractivity contribution >= 4 is 5.91 Å². The summed E-state index contributed by atoms with van der Waals surface area (Å²) in [6, 6.07) is 11.5. The fourth-order valence-corrected chi connectivity index (χ4v) is 3.08. The van der Waals surface area contributed by atoms with Crippen LogP contribution in [-0.4, -0.2) is 39.3 Å². The number of carbonyl (C=O) groups is 1. The van der Waals surface area contributed by atoms with Crippen molar-refractivity contribution in [2.24, 2.45) is 7.05 Å². The van der Waals surface area contributed by atoms with Crippen LogP contribution in [0, 0.1) is 0 Å². The van der Waals surface area contributed by atoms with Gasteiger partial charge in [0.25, 0.3) is 5.91 Å². The van der Waals surface area contributed by atoms with Gasteiger partial charge in [0, 0.05) is 25.4 Å². The molecule has 0 fully saturated rings. The van der Waals surface area contributed by atoms with Crippen LogP contribution in [0.1, 0.15) is 11.3 Å². The average Bonchev–Trinajstić information content (AvgIpc) is 3.06. The maximum absolute atomic E-state index is 12.5. The summed E-state index contributed by atoms with van der Waals surface area (Å²) in [5.74, 6) is 1.34. The second kappa shape index (κ2) is 7.11. The zero-order valence-corrected chi connectivity index (χ0v) is 15.3. The van der Waals surface area contributed by atoms with Gasteiger partial charge in [0.1, 0.15) is 17.2 Å². The number of methoxy groups -OCH3 is 1. The maximum Gasteiger partial charge on any atom is 0.261 e. The number of amides is 1. The van der Waals surface area contributed by atoms with Gasteiger partial charge in [0.15, 0.2) is 6.61 Å². The Bertz CT molecular complexity index is 983. The van der Waals surface area contributed by atoms with Crippen molar-refractivity contribution in [3.05, 3.63) is 60.0 Å². The van der Waals surface area contributed by atoms with E-state index in [2.05, 4.69) is 5.10 Å². The van der Waals surface area contributed by atoms with Crippen molar-refractivity contribution in [1.82, 2.24) is 19.7 Å². The summed E-state index contributed by atoms with van der Waals surface area (Å²) in [6.07, 6.45) is 3.68. The highest BCUT2D eigenvalue weighted by Gasteiger charge is 2.23. The molecule has 1 aromatic carbocycles. The third-order valence-electron chi connectivity index (χ3n) is 4.49.